The number of hydrogen-bond donors (Lipinski definition) is 2. The summed E-state index contributed by atoms with van der Waals surface area (Å²) in [7, 11) is 0. The van der Waals surface area contributed by atoms with E-state index in [9.17, 15) is 9.59 Å². The molecule has 0 radical (unpaired) electrons. The van der Waals surface area contributed by atoms with Crippen LogP contribution in [0.3, 0.4) is 0 Å². The maximum absolute atomic E-state index is 12.4. The van der Waals surface area contributed by atoms with E-state index in [1.165, 1.54) is 0 Å². The SMILES string of the molecule is CCOC(=O)C1CCN(CCCNC(=O)Cc2ccc3c(c2)Nc2nccnc2S3)CC1. The van der Waals surface area contributed by atoms with Crippen LogP contribution in [0.4, 0.5) is 11.5 Å². The van der Waals surface area contributed by atoms with Crippen LogP contribution in [0.5, 0.6) is 0 Å². The minimum atomic E-state index is -0.0625. The van der Waals surface area contributed by atoms with Gasteiger partial charge in [-0.1, -0.05) is 17.8 Å². The molecule has 4 rings (SSSR count). The van der Waals surface area contributed by atoms with Crippen molar-refractivity contribution in [3.8, 4) is 0 Å². The molecular formula is C23H29N5O3S. The van der Waals surface area contributed by atoms with E-state index in [2.05, 4.69) is 25.5 Å². The Balaban J connectivity index is 1.16. The average molecular weight is 456 g/mol. The zero-order valence-corrected chi connectivity index (χ0v) is 19.1. The van der Waals surface area contributed by atoms with Crippen LogP contribution >= 0.6 is 11.8 Å². The summed E-state index contributed by atoms with van der Waals surface area (Å²) in [5.74, 6) is 0.746. The molecule has 170 valence electrons. The highest BCUT2D eigenvalue weighted by atomic mass is 32.2. The van der Waals surface area contributed by atoms with E-state index in [-0.39, 0.29) is 17.8 Å². The maximum atomic E-state index is 12.4. The van der Waals surface area contributed by atoms with Crippen molar-refractivity contribution in [1.82, 2.24) is 20.2 Å². The number of esters is 1. The number of piperidine rings is 1. The molecule has 1 amide bonds. The second-order valence-electron chi connectivity index (χ2n) is 8.02. The zero-order chi connectivity index (χ0) is 22.3. The van der Waals surface area contributed by atoms with Crippen LogP contribution in [0.1, 0.15) is 31.7 Å². The minimum Gasteiger partial charge on any atom is -0.466 e. The highest BCUT2D eigenvalue weighted by molar-refractivity contribution is 7.99. The number of benzene rings is 1. The molecule has 0 aliphatic carbocycles. The predicted molar refractivity (Wildman–Crippen MR) is 123 cm³/mol. The molecule has 3 heterocycles. The highest BCUT2D eigenvalue weighted by Gasteiger charge is 2.25. The van der Waals surface area contributed by atoms with E-state index in [1.54, 1.807) is 24.2 Å². The topological polar surface area (TPSA) is 96.5 Å². The largest absolute Gasteiger partial charge is 0.466 e. The van der Waals surface area contributed by atoms with Gasteiger partial charge in [-0.15, -0.1) is 0 Å². The second kappa shape index (κ2) is 10.8. The van der Waals surface area contributed by atoms with Gasteiger partial charge in [-0.05, 0) is 63.5 Å². The van der Waals surface area contributed by atoms with Crippen molar-refractivity contribution in [3.05, 3.63) is 36.2 Å². The number of carbonyl (C=O) groups excluding carboxylic acids is 2. The molecule has 2 aromatic rings. The van der Waals surface area contributed by atoms with Crippen molar-refractivity contribution in [2.24, 2.45) is 5.92 Å². The third-order valence-corrected chi connectivity index (χ3v) is 6.78. The Morgan fingerprint density at radius 2 is 2.06 bits per heavy atom. The molecule has 2 aliphatic heterocycles. The average Bonchev–Trinajstić information content (AvgIpc) is 2.81. The van der Waals surface area contributed by atoms with Gasteiger partial charge in [0.25, 0.3) is 0 Å². The van der Waals surface area contributed by atoms with Crippen molar-refractivity contribution in [1.29, 1.82) is 0 Å². The summed E-state index contributed by atoms with van der Waals surface area (Å²) in [6.07, 6.45) is 6.29. The summed E-state index contributed by atoms with van der Waals surface area (Å²) >= 11 is 1.58. The second-order valence-corrected chi connectivity index (χ2v) is 9.05. The lowest BCUT2D eigenvalue weighted by Crippen LogP contribution is -2.38. The zero-order valence-electron chi connectivity index (χ0n) is 18.3. The minimum absolute atomic E-state index is 0.0228. The number of aromatic nitrogens is 2. The van der Waals surface area contributed by atoms with E-state index in [0.29, 0.717) is 19.6 Å². The number of nitrogens with zero attached hydrogens (tertiary/aromatic N) is 3. The fourth-order valence-corrected chi connectivity index (χ4v) is 4.90. The van der Waals surface area contributed by atoms with Crippen LogP contribution in [0.2, 0.25) is 0 Å². The Morgan fingerprint density at radius 3 is 2.88 bits per heavy atom. The number of fused-ring (bicyclic) bond motifs is 2. The number of nitrogens with one attached hydrogen (secondary N) is 2. The van der Waals surface area contributed by atoms with Crippen LogP contribution in [-0.4, -0.2) is 59.5 Å². The van der Waals surface area contributed by atoms with E-state index >= 15 is 0 Å². The van der Waals surface area contributed by atoms with Gasteiger partial charge in [0.05, 0.1) is 24.6 Å². The number of anilines is 2. The van der Waals surface area contributed by atoms with Crippen molar-refractivity contribution < 1.29 is 14.3 Å². The van der Waals surface area contributed by atoms with Gasteiger partial charge in [0.15, 0.2) is 5.82 Å². The van der Waals surface area contributed by atoms with Gasteiger partial charge in [0.2, 0.25) is 5.91 Å². The Labute approximate surface area is 192 Å². The first-order valence-corrected chi connectivity index (χ1v) is 12.0. The van der Waals surface area contributed by atoms with Gasteiger partial charge in [0.1, 0.15) is 5.03 Å². The lowest BCUT2D eigenvalue weighted by molar-refractivity contribution is -0.149. The van der Waals surface area contributed by atoms with E-state index in [0.717, 1.165) is 65.9 Å². The number of amides is 1. The van der Waals surface area contributed by atoms with E-state index < -0.39 is 0 Å². The van der Waals surface area contributed by atoms with Gasteiger partial charge in [-0.3, -0.25) is 9.59 Å². The summed E-state index contributed by atoms with van der Waals surface area (Å²) in [6.45, 7) is 5.69. The first-order valence-electron chi connectivity index (χ1n) is 11.2. The highest BCUT2D eigenvalue weighted by Crippen LogP contribution is 2.42. The summed E-state index contributed by atoms with van der Waals surface area (Å²) < 4.78 is 5.12. The molecule has 2 N–H and O–H groups in total. The van der Waals surface area contributed by atoms with Gasteiger partial charge < -0.3 is 20.3 Å². The summed E-state index contributed by atoms with van der Waals surface area (Å²) in [4.78, 5) is 36.3. The number of hydrogen-bond acceptors (Lipinski definition) is 8. The van der Waals surface area contributed by atoms with Crippen LogP contribution in [0, 0.1) is 5.92 Å². The Kier molecular flexibility index (Phi) is 7.59. The van der Waals surface area contributed by atoms with Gasteiger partial charge in [-0.25, -0.2) is 9.97 Å². The molecule has 8 nitrogen and oxygen atoms in total. The van der Waals surface area contributed by atoms with Crippen molar-refractivity contribution >= 4 is 35.1 Å². The Hall–Kier alpha value is -2.65. The van der Waals surface area contributed by atoms with Crippen LogP contribution in [0.15, 0.2) is 40.5 Å². The summed E-state index contributed by atoms with van der Waals surface area (Å²) in [6, 6.07) is 6.02. The third kappa shape index (κ3) is 5.77. The van der Waals surface area contributed by atoms with Crippen molar-refractivity contribution in [2.45, 2.75) is 42.5 Å². The first kappa shape index (κ1) is 22.5. The molecule has 1 aromatic carbocycles. The smallest absolute Gasteiger partial charge is 0.309 e. The third-order valence-electron chi connectivity index (χ3n) is 5.71. The molecular weight excluding hydrogens is 426 g/mol. The molecule has 0 unspecified atom stereocenters. The number of ether oxygens (including phenoxy) is 1. The predicted octanol–water partition coefficient (Wildman–Crippen LogP) is 3.01. The standard InChI is InChI=1S/C23H29N5O3S/c1-2-31-23(30)17-6-12-28(13-7-17)11-3-8-24-20(29)15-16-4-5-19-18(14-16)27-21-22(32-19)26-10-9-25-21/h4-5,9-10,14,17H,2-3,6-8,11-13,15H2,1H3,(H,24,29)(H,25,27). The molecule has 0 saturated carbocycles. The Bertz CT molecular complexity index is 962. The molecule has 9 heteroatoms. The number of carbonyl (C=O) groups is 2. The van der Waals surface area contributed by atoms with E-state index in [4.69, 9.17) is 4.74 Å². The van der Waals surface area contributed by atoms with Gasteiger partial charge >= 0.3 is 5.97 Å². The number of rotatable bonds is 8. The lowest BCUT2D eigenvalue weighted by Gasteiger charge is -2.30. The number of likely N-dealkylation sites (tertiary alicyclic amines) is 1. The molecule has 0 spiro atoms. The lowest BCUT2D eigenvalue weighted by atomic mass is 9.97. The fourth-order valence-electron chi connectivity index (χ4n) is 4.02. The quantitative estimate of drug-likeness (QED) is 0.395. The monoisotopic (exact) mass is 455 g/mol. The molecule has 32 heavy (non-hydrogen) atoms. The van der Waals surface area contributed by atoms with Crippen molar-refractivity contribution in [3.63, 3.8) is 0 Å². The first-order chi connectivity index (χ1) is 15.6. The van der Waals surface area contributed by atoms with Crippen LogP contribution in [-0.2, 0) is 20.7 Å². The summed E-state index contributed by atoms with van der Waals surface area (Å²) in [5.41, 5.74) is 1.92. The van der Waals surface area contributed by atoms with Gasteiger partial charge in [0, 0.05) is 23.8 Å². The summed E-state index contributed by atoms with van der Waals surface area (Å²) in [5, 5.41) is 7.18. The maximum Gasteiger partial charge on any atom is 0.309 e. The fraction of sp³-hybridized carbons (Fsp3) is 0.478. The molecule has 0 atom stereocenters. The normalized spacial score (nSPS) is 15.9. The molecule has 1 saturated heterocycles. The van der Waals surface area contributed by atoms with Crippen molar-refractivity contribution in [2.75, 3.05) is 38.1 Å². The van der Waals surface area contributed by atoms with E-state index in [1.807, 2.05) is 25.1 Å². The molecule has 0 bridgehead atoms. The van der Waals surface area contributed by atoms with Gasteiger partial charge in [-0.2, -0.15) is 0 Å². The molecule has 2 aliphatic rings. The Morgan fingerprint density at radius 1 is 1.25 bits per heavy atom. The van der Waals surface area contributed by atoms with Crippen LogP contribution in [0.25, 0.3) is 0 Å². The van der Waals surface area contributed by atoms with Crippen LogP contribution < -0.4 is 10.6 Å². The molecule has 1 fully saturated rings. The molecule has 1 aromatic heterocycles.